The molecule has 1 aliphatic carbocycles. The van der Waals surface area contributed by atoms with E-state index in [1.165, 1.54) is 25.3 Å². The van der Waals surface area contributed by atoms with Crippen LogP contribution in [0.3, 0.4) is 0 Å². The van der Waals surface area contributed by atoms with Gasteiger partial charge in [-0.15, -0.1) is 0 Å². The van der Waals surface area contributed by atoms with E-state index in [4.69, 9.17) is 11.6 Å². The Morgan fingerprint density at radius 3 is 2.59 bits per heavy atom. The fourth-order valence-corrected chi connectivity index (χ4v) is 5.53. The molecule has 0 N–H and O–H groups in total. The molecule has 7 heteroatoms. The molecule has 1 fully saturated rings. The van der Waals surface area contributed by atoms with Crippen LogP contribution in [0, 0.1) is 6.92 Å². The molecule has 0 saturated heterocycles. The number of aryl methyl sites for hydroxylation is 1. The van der Waals surface area contributed by atoms with Crippen LogP contribution in [0.2, 0.25) is 5.02 Å². The van der Waals surface area contributed by atoms with E-state index in [2.05, 4.69) is 9.78 Å². The molecule has 142 valence electrons. The maximum Gasteiger partial charge on any atom is 0.209 e. The zero-order chi connectivity index (χ0) is 19.0. The van der Waals surface area contributed by atoms with E-state index < -0.39 is 9.84 Å². The molecule has 27 heavy (non-hydrogen) atoms. The minimum Gasteiger partial charge on any atom is -0.307 e. The number of benzene rings is 1. The quantitative estimate of drug-likeness (QED) is 0.617. The smallest absolute Gasteiger partial charge is 0.209 e. The molecule has 3 aromatic rings. The topological polar surface area (TPSA) is 56.9 Å². The lowest BCUT2D eigenvalue weighted by Crippen LogP contribution is -2.17. The molecule has 0 unspecified atom stereocenters. The molecule has 5 nitrogen and oxygen atoms in total. The Bertz CT molecular complexity index is 1060. The lowest BCUT2D eigenvalue weighted by atomic mass is 9.96. The van der Waals surface area contributed by atoms with E-state index >= 15 is 0 Å². The van der Waals surface area contributed by atoms with Crippen LogP contribution in [-0.4, -0.2) is 22.8 Å². The summed E-state index contributed by atoms with van der Waals surface area (Å²) in [6, 6.07) is 10.5. The van der Waals surface area contributed by atoms with E-state index in [1.807, 2.05) is 17.6 Å². The van der Waals surface area contributed by atoms with Gasteiger partial charge in [0, 0.05) is 18.5 Å². The summed E-state index contributed by atoms with van der Waals surface area (Å²) in [6.45, 7) is 1.97. The molecule has 1 aliphatic rings. The number of hydrogen-bond acceptors (Lipinski definition) is 3. The van der Waals surface area contributed by atoms with Crippen molar-refractivity contribution in [2.75, 3.05) is 0 Å². The van der Waals surface area contributed by atoms with Gasteiger partial charge in [0.15, 0.2) is 0 Å². The Labute approximate surface area is 164 Å². The molecule has 2 aromatic heterocycles. The van der Waals surface area contributed by atoms with Crippen LogP contribution in [0.1, 0.15) is 43.8 Å². The Morgan fingerprint density at radius 1 is 1.11 bits per heavy atom. The molecule has 0 radical (unpaired) electrons. The highest BCUT2D eigenvalue weighted by Crippen LogP contribution is 2.32. The van der Waals surface area contributed by atoms with Gasteiger partial charge >= 0.3 is 0 Å². The number of nitrogens with zero attached hydrogens (tertiary/aromatic N) is 3. The van der Waals surface area contributed by atoms with E-state index in [0.29, 0.717) is 6.04 Å². The molecule has 0 bridgehead atoms. The summed E-state index contributed by atoms with van der Waals surface area (Å²) < 4.78 is 29.8. The van der Waals surface area contributed by atoms with Gasteiger partial charge in [0.2, 0.25) is 9.84 Å². The minimum atomic E-state index is -3.67. The molecule has 0 aliphatic heterocycles. The molecular formula is C20H22ClN3O2S. The first-order valence-electron chi connectivity index (χ1n) is 9.21. The molecule has 4 rings (SSSR count). The summed E-state index contributed by atoms with van der Waals surface area (Å²) >= 11 is 6.11. The third kappa shape index (κ3) is 3.44. The van der Waals surface area contributed by atoms with Crippen molar-refractivity contribution < 1.29 is 8.42 Å². The molecular weight excluding hydrogens is 382 g/mol. The van der Waals surface area contributed by atoms with E-state index in [0.717, 1.165) is 24.4 Å². The Balaban J connectivity index is 1.73. The molecule has 0 amide bonds. The van der Waals surface area contributed by atoms with Gasteiger partial charge in [-0.05, 0) is 38.0 Å². The highest BCUT2D eigenvalue weighted by Gasteiger charge is 2.24. The Kier molecular flexibility index (Phi) is 4.86. The largest absolute Gasteiger partial charge is 0.307 e. The van der Waals surface area contributed by atoms with Gasteiger partial charge in [0.1, 0.15) is 5.82 Å². The van der Waals surface area contributed by atoms with E-state index in [-0.39, 0.29) is 14.8 Å². The zero-order valence-corrected chi connectivity index (χ0v) is 16.7. The maximum atomic E-state index is 13.0. The fraction of sp³-hybridized carbons (Fsp3) is 0.350. The first-order chi connectivity index (χ1) is 13.0. The number of sulfone groups is 1. The Hall–Kier alpha value is -2.05. The lowest BCUT2D eigenvalue weighted by molar-refractivity contribution is 0.326. The molecule has 2 heterocycles. The van der Waals surface area contributed by atoms with Crippen LogP contribution in [0.15, 0.2) is 58.6 Å². The summed E-state index contributed by atoms with van der Waals surface area (Å²) in [5, 5.41) is 4.91. The van der Waals surface area contributed by atoms with Crippen molar-refractivity contribution >= 4 is 21.4 Å². The highest BCUT2D eigenvalue weighted by molar-refractivity contribution is 7.91. The monoisotopic (exact) mass is 403 g/mol. The van der Waals surface area contributed by atoms with Crippen LogP contribution in [0.25, 0.3) is 5.82 Å². The predicted octanol–water partition coefficient (Wildman–Crippen LogP) is 4.97. The number of hydrogen-bond donors (Lipinski definition) is 0. The summed E-state index contributed by atoms with van der Waals surface area (Å²) in [5.41, 5.74) is 0.930. The first-order valence-corrected chi connectivity index (χ1v) is 11.1. The fourth-order valence-electron chi connectivity index (χ4n) is 3.76. The first kappa shape index (κ1) is 18.3. The van der Waals surface area contributed by atoms with Crippen molar-refractivity contribution in [2.45, 2.75) is 54.9 Å². The second-order valence-electron chi connectivity index (χ2n) is 7.07. The van der Waals surface area contributed by atoms with Crippen LogP contribution in [0.4, 0.5) is 0 Å². The van der Waals surface area contributed by atoms with Crippen molar-refractivity contribution in [1.82, 2.24) is 14.3 Å². The van der Waals surface area contributed by atoms with Gasteiger partial charge in [-0.3, -0.25) is 0 Å². The third-order valence-electron chi connectivity index (χ3n) is 5.13. The summed E-state index contributed by atoms with van der Waals surface area (Å²) in [4.78, 5) is 0.353. The highest BCUT2D eigenvalue weighted by atomic mass is 35.5. The lowest BCUT2D eigenvalue weighted by Gasteiger charge is -2.24. The molecule has 0 atom stereocenters. The zero-order valence-electron chi connectivity index (χ0n) is 15.2. The van der Waals surface area contributed by atoms with E-state index in [9.17, 15) is 8.42 Å². The normalized spacial score (nSPS) is 15.9. The summed E-state index contributed by atoms with van der Waals surface area (Å²) in [5.74, 6) is 0.903. The van der Waals surface area contributed by atoms with Crippen molar-refractivity contribution in [3.05, 3.63) is 59.5 Å². The van der Waals surface area contributed by atoms with E-state index in [1.54, 1.807) is 36.7 Å². The molecule has 1 saturated carbocycles. The number of rotatable bonds is 4. The second kappa shape index (κ2) is 7.17. The summed E-state index contributed by atoms with van der Waals surface area (Å²) in [7, 11) is -3.67. The second-order valence-corrected chi connectivity index (χ2v) is 9.39. The number of aromatic nitrogens is 3. The molecule has 0 spiro atoms. The summed E-state index contributed by atoms with van der Waals surface area (Å²) in [6.07, 6.45) is 9.34. The van der Waals surface area contributed by atoms with Crippen LogP contribution >= 0.6 is 11.6 Å². The van der Waals surface area contributed by atoms with Gasteiger partial charge in [-0.1, -0.05) is 43.0 Å². The molecule has 1 aromatic carbocycles. The van der Waals surface area contributed by atoms with Crippen molar-refractivity contribution in [3.8, 4) is 5.82 Å². The Morgan fingerprint density at radius 2 is 1.85 bits per heavy atom. The van der Waals surface area contributed by atoms with Gasteiger partial charge < -0.3 is 4.57 Å². The van der Waals surface area contributed by atoms with Crippen molar-refractivity contribution in [1.29, 1.82) is 0 Å². The predicted molar refractivity (Wildman–Crippen MR) is 105 cm³/mol. The van der Waals surface area contributed by atoms with Crippen molar-refractivity contribution in [2.24, 2.45) is 0 Å². The van der Waals surface area contributed by atoms with Gasteiger partial charge in [0.25, 0.3) is 0 Å². The maximum absolute atomic E-state index is 13.0. The van der Waals surface area contributed by atoms with Gasteiger partial charge in [-0.2, -0.15) is 5.10 Å². The van der Waals surface area contributed by atoms with Crippen LogP contribution < -0.4 is 0 Å². The van der Waals surface area contributed by atoms with Crippen molar-refractivity contribution in [3.63, 3.8) is 0 Å². The average molecular weight is 404 g/mol. The standard InChI is InChI=1S/C20H22ClN3O2S/c1-15-13-20(24(22-15)16-7-3-2-4-8-16)23-12-11-17(14-23)27(25,26)19-10-6-5-9-18(19)21/h5-6,9-14,16H,2-4,7-8H2,1H3. The van der Waals surface area contributed by atoms with Gasteiger partial charge in [0.05, 0.1) is 26.5 Å². The third-order valence-corrected chi connectivity index (χ3v) is 7.36. The SMILES string of the molecule is Cc1cc(-n2ccc(S(=O)(=O)c3ccccc3Cl)c2)n(C2CCCCC2)n1. The van der Waals surface area contributed by atoms with Gasteiger partial charge in [-0.25, -0.2) is 13.1 Å². The van der Waals surface area contributed by atoms with Crippen LogP contribution in [-0.2, 0) is 9.84 Å². The van der Waals surface area contributed by atoms with Crippen LogP contribution in [0.5, 0.6) is 0 Å². The average Bonchev–Trinajstić information content (AvgIpc) is 3.30. The number of halogens is 1. The minimum absolute atomic E-state index is 0.126.